The van der Waals surface area contributed by atoms with E-state index in [-0.39, 0.29) is 5.41 Å². The molecule has 57 heavy (non-hydrogen) atoms. The van der Waals surface area contributed by atoms with Crippen molar-refractivity contribution in [1.82, 2.24) is 0 Å². The summed E-state index contributed by atoms with van der Waals surface area (Å²) in [6.07, 6.45) is 0. The molecule has 1 heterocycles. The van der Waals surface area contributed by atoms with Gasteiger partial charge in [0.25, 0.3) is 0 Å². The lowest BCUT2D eigenvalue weighted by Crippen LogP contribution is -2.31. The Bertz CT molecular complexity index is 3010. The fourth-order valence-corrected chi connectivity index (χ4v) is 12.9. The minimum absolute atomic E-state index is 0.111. The molecule has 11 rings (SSSR count). The van der Waals surface area contributed by atoms with Gasteiger partial charge in [-0.2, -0.15) is 0 Å². The summed E-state index contributed by atoms with van der Waals surface area (Å²) in [6.45, 7) is 9.24. The van der Waals surface area contributed by atoms with Crippen molar-refractivity contribution in [2.45, 2.75) is 38.5 Å². The van der Waals surface area contributed by atoms with Crippen molar-refractivity contribution in [3.8, 4) is 22.3 Å². The Balaban J connectivity index is 1.14. The minimum Gasteiger partial charge on any atom is -0.456 e. The van der Waals surface area contributed by atoms with Crippen LogP contribution in [0, 0.1) is 13.8 Å². The predicted octanol–water partition coefficient (Wildman–Crippen LogP) is 12.5. The van der Waals surface area contributed by atoms with Crippen LogP contribution in [0.4, 0.5) is 0 Å². The van der Waals surface area contributed by atoms with Gasteiger partial charge >= 0.3 is 0 Å². The van der Waals surface area contributed by atoms with E-state index in [4.69, 9.17) is 4.42 Å². The Morgan fingerprint density at radius 1 is 0.439 bits per heavy atom. The van der Waals surface area contributed by atoms with Crippen molar-refractivity contribution < 1.29 is 8.98 Å². The van der Waals surface area contributed by atoms with E-state index >= 15 is 4.57 Å². The molecule has 2 aliphatic carbocycles. The molecule has 0 aliphatic heterocycles. The van der Waals surface area contributed by atoms with E-state index in [1.54, 1.807) is 0 Å². The molecule has 2 aliphatic rings. The second-order valence-corrected chi connectivity index (χ2v) is 19.3. The van der Waals surface area contributed by atoms with E-state index in [0.29, 0.717) is 0 Å². The van der Waals surface area contributed by atoms with Crippen molar-refractivity contribution in [3.05, 3.63) is 220 Å². The van der Waals surface area contributed by atoms with Crippen molar-refractivity contribution in [2.24, 2.45) is 0 Å². The first-order valence-corrected chi connectivity index (χ1v) is 21.6. The van der Waals surface area contributed by atoms with Crippen LogP contribution in [0.5, 0.6) is 0 Å². The predicted molar refractivity (Wildman–Crippen MR) is 237 cm³/mol. The van der Waals surface area contributed by atoms with Crippen LogP contribution in [0.15, 0.2) is 180 Å². The normalized spacial score (nSPS) is 14.7. The second kappa shape index (κ2) is 12.1. The van der Waals surface area contributed by atoms with Crippen LogP contribution >= 0.6 is 7.14 Å². The first-order chi connectivity index (χ1) is 27.7. The molecule has 0 amide bonds. The lowest BCUT2D eigenvalue weighted by Gasteiger charge is -2.37. The molecule has 9 aromatic rings. The molecule has 0 unspecified atom stereocenters. The Labute approximate surface area is 333 Å². The van der Waals surface area contributed by atoms with Crippen molar-refractivity contribution in [3.63, 3.8) is 0 Å². The average molecular weight is 753 g/mol. The molecule has 0 N–H and O–H groups in total. The van der Waals surface area contributed by atoms with Gasteiger partial charge in [-0.15, -0.1) is 0 Å². The number of furan rings is 1. The number of aryl methyl sites for hydroxylation is 2. The highest BCUT2D eigenvalue weighted by atomic mass is 31.2. The van der Waals surface area contributed by atoms with E-state index in [1.807, 2.05) is 72.8 Å². The minimum atomic E-state index is -3.16. The molecule has 0 spiro atoms. The van der Waals surface area contributed by atoms with E-state index < -0.39 is 12.6 Å². The molecular weight excluding hydrogens is 712 g/mol. The Morgan fingerprint density at radius 2 is 0.895 bits per heavy atom. The van der Waals surface area contributed by atoms with Gasteiger partial charge in [0.05, 0.1) is 5.41 Å². The van der Waals surface area contributed by atoms with Gasteiger partial charge in [-0.3, -0.25) is 0 Å². The van der Waals surface area contributed by atoms with Crippen molar-refractivity contribution >= 4 is 45.0 Å². The molecule has 0 radical (unpaired) electrons. The molecule has 0 saturated carbocycles. The third kappa shape index (κ3) is 4.69. The van der Waals surface area contributed by atoms with E-state index in [9.17, 15) is 0 Å². The van der Waals surface area contributed by atoms with E-state index in [2.05, 4.69) is 131 Å². The molecular formula is C54H41O2P. The van der Waals surface area contributed by atoms with Gasteiger partial charge < -0.3 is 8.98 Å². The molecule has 0 fully saturated rings. The third-order valence-electron chi connectivity index (χ3n) is 12.9. The summed E-state index contributed by atoms with van der Waals surface area (Å²) in [5.41, 5.74) is 16.5. The highest BCUT2D eigenvalue weighted by Crippen LogP contribution is 2.64. The molecule has 0 bridgehead atoms. The summed E-state index contributed by atoms with van der Waals surface area (Å²) >= 11 is 0. The average Bonchev–Trinajstić information content (AvgIpc) is 3.84. The van der Waals surface area contributed by atoms with Gasteiger partial charge in [-0.25, -0.2) is 0 Å². The van der Waals surface area contributed by atoms with Gasteiger partial charge in [-0.1, -0.05) is 183 Å². The number of para-hydroxylation sites is 1. The second-order valence-electron chi connectivity index (χ2n) is 16.6. The van der Waals surface area contributed by atoms with E-state index in [1.165, 1.54) is 55.6 Å². The summed E-state index contributed by atoms with van der Waals surface area (Å²) in [5.74, 6) is 0. The lowest BCUT2D eigenvalue weighted by atomic mass is 9.65. The first kappa shape index (κ1) is 34.1. The van der Waals surface area contributed by atoms with E-state index in [0.717, 1.165) is 49.0 Å². The molecule has 1 aromatic heterocycles. The standard InChI is InChI=1S/C54H41O2P/c1-34-29-45-51-47(31-34)54(48-32-35(2)30-46(52(48)51)53(45,3)4,38-22-19-36(20-23-38)37-21-28-50-44(33-37)43-17-11-12-18-49(43)56-50)39-24-26-42(27-25-39)57(55,40-13-7-5-8-14-40)41-15-9-6-10-16-41/h5-33H,1-4H3. The van der Waals surface area contributed by atoms with Crippen LogP contribution in [0.25, 0.3) is 44.2 Å². The monoisotopic (exact) mass is 752 g/mol. The highest BCUT2D eigenvalue weighted by molar-refractivity contribution is 7.85. The first-order valence-electron chi connectivity index (χ1n) is 19.9. The van der Waals surface area contributed by atoms with Gasteiger partial charge in [-0.05, 0) is 87.7 Å². The maximum absolute atomic E-state index is 15.5. The lowest BCUT2D eigenvalue weighted by molar-refractivity contribution is 0.592. The van der Waals surface area contributed by atoms with Crippen LogP contribution in [-0.2, 0) is 15.4 Å². The molecule has 8 aromatic carbocycles. The van der Waals surface area contributed by atoms with Crippen LogP contribution < -0.4 is 15.9 Å². The largest absolute Gasteiger partial charge is 0.456 e. The smallest absolute Gasteiger partial charge is 0.171 e. The number of hydrogen-bond acceptors (Lipinski definition) is 2. The zero-order valence-electron chi connectivity index (χ0n) is 32.5. The zero-order chi connectivity index (χ0) is 38.7. The Kier molecular flexibility index (Phi) is 7.26. The number of benzene rings is 8. The van der Waals surface area contributed by atoms with Crippen molar-refractivity contribution in [2.75, 3.05) is 0 Å². The molecule has 3 heteroatoms. The van der Waals surface area contributed by atoms with Gasteiger partial charge in [0, 0.05) is 32.1 Å². The van der Waals surface area contributed by atoms with Crippen LogP contribution in [0.1, 0.15) is 58.4 Å². The van der Waals surface area contributed by atoms with Crippen molar-refractivity contribution in [1.29, 1.82) is 0 Å². The molecule has 0 atom stereocenters. The topological polar surface area (TPSA) is 30.2 Å². The highest BCUT2D eigenvalue weighted by Gasteiger charge is 2.53. The van der Waals surface area contributed by atoms with Gasteiger partial charge in [0.2, 0.25) is 0 Å². The number of fused-ring (bicyclic) bond motifs is 3. The van der Waals surface area contributed by atoms with Crippen LogP contribution in [0.3, 0.4) is 0 Å². The fourth-order valence-electron chi connectivity index (χ4n) is 10.2. The summed E-state index contributed by atoms with van der Waals surface area (Å²) in [5, 5.41) is 4.76. The Morgan fingerprint density at radius 3 is 1.47 bits per heavy atom. The summed E-state index contributed by atoms with van der Waals surface area (Å²) in [7, 11) is -3.16. The fraction of sp³-hybridized carbons (Fsp3) is 0.111. The quantitative estimate of drug-likeness (QED) is 0.158. The van der Waals surface area contributed by atoms with Gasteiger partial charge in [0.15, 0.2) is 7.14 Å². The van der Waals surface area contributed by atoms with Crippen LogP contribution in [0.2, 0.25) is 0 Å². The zero-order valence-corrected chi connectivity index (χ0v) is 33.4. The molecule has 0 saturated heterocycles. The SMILES string of the molecule is Cc1cc2c3c(c1)C(c1ccc(-c4ccc5oc6ccccc6c5c4)cc1)(c1ccc(P(=O)(c4ccccc4)c4ccccc4)cc1)c1cc(C)cc(c1-3)C2(C)C. The maximum Gasteiger partial charge on any atom is 0.171 e. The maximum atomic E-state index is 15.5. The summed E-state index contributed by atoms with van der Waals surface area (Å²) < 4.78 is 21.7. The Hall–Kier alpha value is -6.21. The number of hydrogen-bond donors (Lipinski definition) is 0. The van der Waals surface area contributed by atoms with Gasteiger partial charge in [0.1, 0.15) is 11.2 Å². The van der Waals surface area contributed by atoms with Crippen LogP contribution in [-0.4, -0.2) is 0 Å². The molecule has 2 nitrogen and oxygen atoms in total. The molecule has 274 valence electrons. The summed E-state index contributed by atoms with van der Waals surface area (Å²) in [6, 6.07) is 62.4. The third-order valence-corrected chi connectivity index (χ3v) is 16.0. The summed E-state index contributed by atoms with van der Waals surface area (Å²) in [4.78, 5) is 0. The number of rotatable bonds is 6.